The van der Waals surface area contributed by atoms with Gasteiger partial charge in [-0.05, 0) is 31.2 Å². The molecule has 6 heteroatoms. The third kappa shape index (κ3) is 2.16. The number of anilines is 2. The predicted molar refractivity (Wildman–Crippen MR) is 63.1 cm³/mol. The third-order valence-electron chi connectivity index (χ3n) is 3.15. The Bertz CT molecular complexity index is 423. The van der Waals surface area contributed by atoms with Crippen LogP contribution in [0.15, 0.2) is 11.1 Å². The maximum Gasteiger partial charge on any atom is 0.276 e. The maximum absolute atomic E-state index is 11.2. The average Bonchev–Trinajstić information content (AvgIpc) is 3.02. The average molecular weight is 223 g/mol. The lowest BCUT2D eigenvalue weighted by molar-refractivity contribution is 0.500. The highest BCUT2D eigenvalue weighted by molar-refractivity contribution is 5.59. The van der Waals surface area contributed by atoms with E-state index in [2.05, 4.69) is 15.3 Å². The van der Waals surface area contributed by atoms with Crippen molar-refractivity contribution in [3.05, 3.63) is 16.7 Å². The monoisotopic (exact) mass is 223 g/mol. The number of hydrogen-bond donors (Lipinski definition) is 4. The normalized spacial score (nSPS) is 17.1. The lowest BCUT2D eigenvalue weighted by Crippen LogP contribution is -2.22. The van der Waals surface area contributed by atoms with E-state index in [1.165, 1.54) is 19.2 Å². The van der Waals surface area contributed by atoms with Crippen LogP contribution in [0.2, 0.25) is 0 Å². The van der Waals surface area contributed by atoms with Crippen LogP contribution in [-0.2, 0) is 0 Å². The van der Waals surface area contributed by atoms with E-state index >= 15 is 0 Å². The van der Waals surface area contributed by atoms with Crippen molar-refractivity contribution in [2.45, 2.75) is 19.3 Å². The number of nitrogens with zero attached hydrogens (tertiary/aromatic N) is 1. The van der Waals surface area contributed by atoms with Gasteiger partial charge in [-0.15, -0.1) is 0 Å². The van der Waals surface area contributed by atoms with Crippen LogP contribution < -0.4 is 22.3 Å². The molecule has 1 aromatic rings. The third-order valence-corrected chi connectivity index (χ3v) is 3.15. The predicted octanol–water partition coefficient (Wildman–Crippen LogP) is -0.107. The number of aromatic amines is 1. The van der Waals surface area contributed by atoms with Crippen molar-refractivity contribution < 1.29 is 0 Å². The number of aromatic nitrogens is 2. The molecule has 2 rings (SSSR count). The lowest BCUT2D eigenvalue weighted by Gasteiger charge is -2.15. The fraction of sp³-hybridized carbons (Fsp3) is 0.600. The maximum atomic E-state index is 11.2. The molecule has 0 radical (unpaired) electrons. The second kappa shape index (κ2) is 4.13. The first-order valence-electron chi connectivity index (χ1n) is 5.44. The topological polar surface area (TPSA) is 110 Å². The van der Waals surface area contributed by atoms with Crippen molar-refractivity contribution in [2.24, 2.45) is 11.1 Å². The quantitative estimate of drug-likeness (QED) is 0.557. The van der Waals surface area contributed by atoms with Crippen molar-refractivity contribution in [2.75, 3.05) is 24.1 Å². The van der Waals surface area contributed by atoms with Gasteiger partial charge in [-0.3, -0.25) is 4.79 Å². The van der Waals surface area contributed by atoms with E-state index in [0.717, 1.165) is 13.0 Å². The van der Waals surface area contributed by atoms with E-state index in [-0.39, 0.29) is 11.2 Å². The Kier molecular flexibility index (Phi) is 2.82. The van der Waals surface area contributed by atoms with Gasteiger partial charge >= 0.3 is 0 Å². The zero-order valence-corrected chi connectivity index (χ0v) is 9.12. The van der Waals surface area contributed by atoms with Gasteiger partial charge in [-0.2, -0.15) is 0 Å². The number of H-pyrrole nitrogens is 1. The summed E-state index contributed by atoms with van der Waals surface area (Å²) in [6, 6.07) is 0. The van der Waals surface area contributed by atoms with Crippen LogP contribution in [0.25, 0.3) is 0 Å². The summed E-state index contributed by atoms with van der Waals surface area (Å²) >= 11 is 0. The Balaban J connectivity index is 2.00. The van der Waals surface area contributed by atoms with Gasteiger partial charge in [0.25, 0.3) is 5.56 Å². The molecule has 1 aliphatic rings. The summed E-state index contributed by atoms with van der Waals surface area (Å²) in [5, 5.41) is 3.13. The Morgan fingerprint density at radius 2 is 2.31 bits per heavy atom. The van der Waals surface area contributed by atoms with Crippen molar-refractivity contribution in [1.29, 1.82) is 0 Å². The molecule has 0 bridgehead atoms. The fourth-order valence-electron chi connectivity index (χ4n) is 1.82. The van der Waals surface area contributed by atoms with E-state index in [9.17, 15) is 4.79 Å². The molecule has 0 aliphatic heterocycles. The highest BCUT2D eigenvalue weighted by Crippen LogP contribution is 2.48. The number of nitrogens with one attached hydrogen (secondary N) is 2. The molecule has 88 valence electrons. The first kappa shape index (κ1) is 10.9. The Labute approximate surface area is 93.4 Å². The van der Waals surface area contributed by atoms with Crippen LogP contribution in [0.3, 0.4) is 0 Å². The van der Waals surface area contributed by atoms with E-state index in [4.69, 9.17) is 11.5 Å². The summed E-state index contributed by atoms with van der Waals surface area (Å²) in [7, 11) is 0. The van der Waals surface area contributed by atoms with Gasteiger partial charge in [0.05, 0.1) is 6.33 Å². The van der Waals surface area contributed by atoms with Gasteiger partial charge in [0, 0.05) is 6.54 Å². The fourth-order valence-corrected chi connectivity index (χ4v) is 1.82. The Morgan fingerprint density at radius 3 is 2.94 bits per heavy atom. The molecule has 0 amide bonds. The molecule has 1 aromatic heterocycles. The molecule has 0 saturated heterocycles. The number of nitrogen functional groups attached to an aromatic ring is 1. The smallest absolute Gasteiger partial charge is 0.276 e. The first-order valence-corrected chi connectivity index (χ1v) is 5.44. The largest absolute Gasteiger partial charge is 0.391 e. The van der Waals surface area contributed by atoms with Gasteiger partial charge in [-0.25, -0.2) is 4.98 Å². The van der Waals surface area contributed by atoms with Gasteiger partial charge < -0.3 is 21.8 Å². The van der Waals surface area contributed by atoms with Crippen LogP contribution in [0.4, 0.5) is 11.5 Å². The standard InChI is InChI=1S/C10H17N5O/c11-4-3-10(1-2-10)5-13-8-7(12)9(16)15-6-14-8/h6H,1-5,11-12H2,(H2,13,14,15,16). The van der Waals surface area contributed by atoms with Crippen molar-refractivity contribution in [3.8, 4) is 0 Å². The molecule has 6 nitrogen and oxygen atoms in total. The summed E-state index contributed by atoms with van der Waals surface area (Å²) in [6.07, 6.45) is 4.72. The van der Waals surface area contributed by atoms with Crippen molar-refractivity contribution in [1.82, 2.24) is 9.97 Å². The molecule has 1 heterocycles. The number of hydrogen-bond acceptors (Lipinski definition) is 5. The second-order valence-corrected chi connectivity index (χ2v) is 4.39. The summed E-state index contributed by atoms with van der Waals surface area (Å²) in [4.78, 5) is 17.7. The highest BCUT2D eigenvalue weighted by Gasteiger charge is 2.41. The molecule has 16 heavy (non-hydrogen) atoms. The molecular formula is C10H17N5O. The lowest BCUT2D eigenvalue weighted by atomic mass is 10.0. The number of nitrogens with two attached hydrogens (primary N) is 2. The molecule has 1 fully saturated rings. The van der Waals surface area contributed by atoms with Crippen LogP contribution in [0.1, 0.15) is 19.3 Å². The summed E-state index contributed by atoms with van der Waals surface area (Å²) in [5.74, 6) is 0.465. The van der Waals surface area contributed by atoms with Crippen molar-refractivity contribution >= 4 is 11.5 Å². The highest BCUT2D eigenvalue weighted by atomic mass is 16.1. The molecule has 0 unspecified atom stereocenters. The number of rotatable bonds is 5. The van der Waals surface area contributed by atoms with E-state index in [1.54, 1.807) is 0 Å². The summed E-state index contributed by atoms with van der Waals surface area (Å²) < 4.78 is 0. The molecule has 0 aromatic carbocycles. The Morgan fingerprint density at radius 1 is 1.56 bits per heavy atom. The van der Waals surface area contributed by atoms with Crippen LogP contribution >= 0.6 is 0 Å². The van der Waals surface area contributed by atoms with E-state index < -0.39 is 0 Å². The van der Waals surface area contributed by atoms with Crippen LogP contribution in [0, 0.1) is 5.41 Å². The van der Waals surface area contributed by atoms with E-state index in [0.29, 0.717) is 17.8 Å². The molecule has 6 N–H and O–H groups in total. The second-order valence-electron chi connectivity index (χ2n) is 4.39. The molecule has 0 spiro atoms. The zero-order valence-electron chi connectivity index (χ0n) is 9.12. The van der Waals surface area contributed by atoms with Gasteiger partial charge in [0.2, 0.25) is 0 Å². The molecule has 1 saturated carbocycles. The first-order chi connectivity index (χ1) is 7.67. The minimum atomic E-state index is -0.304. The SMILES string of the molecule is NCCC1(CNc2nc[nH]c(=O)c2N)CC1. The minimum Gasteiger partial charge on any atom is -0.391 e. The minimum absolute atomic E-state index is 0.144. The molecule has 1 aliphatic carbocycles. The van der Waals surface area contributed by atoms with Crippen LogP contribution in [-0.4, -0.2) is 23.1 Å². The summed E-state index contributed by atoms with van der Waals surface area (Å²) in [6.45, 7) is 1.48. The van der Waals surface area contributed by atoms with E-state index in [1.807, 2.05) is 0 Å². The van der Waals surface area contributed by atoms with Crippen LogP contribution in [0.5, 0.6) is 0 Å². The Hall–Kier alpha value is -1.56. The summed E-state index contributed by atoms with van der Waals surface area (Å²) in [5.41, 5.74) is 11.3. The van der Waals surface area contributed by atoms with Gasteiger partial charge in [0.1, 0.15) is 5.69 Å². The van der Waals surface area contributed by atoms with Gasteiger partial charge in [0.15, 0.2) is 5.82 Å². The van der Waals surface area contributed by atoms with Crippen molar-refractivity contribution in [3.63, 3.8) is 0 Å². The molecular weight excluding hydrogens is 206 g/mol. The van der Waals surface area contributed by atoms with Gasteiger partial charge in [-0.1, -0.05) is 0 Å². The molecule has 0 atom stereocenters. The zero-order chi connectivity index (χ0) is 11.6.